The summed E-state index contributed by atoms with van der Waals surface area (Å²) in [6.07, 6.45) is -1.41. The van der Waals surface area contributed by atoms with Gasteiger partial charge in [-0.15, -0.1) is 0 Å². The highest BCUT2D eigenvalue weighted by molar-refractivity contribution is 7.97. The van der Waals surface area contributed by atoms with E-state index < -0.39 is 11.7 Å². The number of hydrogen-bond donors (Lipinski definition) is 1. The van der Waals surface area contributed by atoms with Crippen LogP contribution in [0.5, 0.6) is 0 Å². The van der Waals surface area contributed by atoms with E-state index in [-0.39, 0.29) is 6.04 Å². The third kappa shape index (κ3) is 5.24. The molecule has 3 aromatic rings. The van der Waals surface area contributed by atoms with E-state index in [4.69, 9.17) is 0 Å². The summed E-state index contributed by atoms with van der Waals surface area (Å²) in [6, 6.07) is 16.1. The Labute approximate surface area is 178 Å². The first-order chi connectivity index (χ1) is 14.4. The standard InChI is InChI=1S/C22H23F3N4S/c1-28-11-10-21(26-28)17-7-5-16(6-8-17)14-29-12-9-19(15-29)27-30-20-4-2-3-18(13-20)22(23,24)25/h2-8,10-11,13,19,27H,9,12,14-15H2,1H3. The zero-order chi connectivity index (χ0) is 21.1. The summed E-state index contributed by atoms with van der Waals surface area (Å²) in [7, 11) is 1.90. The molecule has 158 valence electrons. The van der Waals surface area contributed by atoms with Gasteiger partial charge in [0.2, 0.25) is 0 Å². The lowest BCUT2D eigenvalue weighted by Gasteiger charge is -2.17. The van der Waals surface area contributed by atoms with E-state index in [1.165, 1.54) is 29.6 Å². The molecule has 2 aromatic carbocycles. The average Bonchev–Trinajstić information content (AvgIpc) is 3.35. The van der Waals surface area contributed by atoms with E-state index in [1.807, 2.05) is 19.3 Å². The Bertz CT molecular complexity index is 985. The van der Waals surface area contributed by atoms with Gasteiger partial charge in [-0.2, -0.15) is 18.3 Å². The minimum absolute atomic E-state index is 0.248. The van der Waals surface area contributed by atoms with Crippen LogP contribution in [0.25, 0.3) is 11.3 Å². The van der Waals surface area contributed by atoms with Crippen molar-refractivity contribution in [2.45, 2.75) is 30.1 Å². The van der Waals surface area contributed by atoms with E-state index in [2.05, 4.69) is 39.0 Å². The van der Waals surface area contributed by atoms with Crippen LogP contribution >= 0.6 is 11.9 Å². The van der Waals surface area contributed by atoms with Crippen LogP contribution in [0, 0.1) is 0 Å². The van der Waals surface area contributed by atoms with Crippen molar-refractivity contribution in [3.63, 3.8) is 0 Å². The fourth-order valence-corrected chi connectivity index (χ4v) is 4.40. The molecular weight excluding hydrogens is 409 g/mol. The smallest absolute Gasteiger partial charge is 0.297 e. The van der Waals surface area contributed by atoms with Gasteiger partial charge in [-0.1, -0.05) is 30.3 Å². The van der Waals surface area contributed by atoms with Crippen LogP contribution in [0.15, 0.2) is 65.7 Å². The monoisotopic (exact) mass is 432 g/mol. The topological polar surface area (TPSA) is 33.1 Å². The Morgan fingerprint density at radius 2 is 1.93 bits per heavy atom. The van der Waals surface area contributed by atoms with E-state index in [1.54, 1.807) is 10.7 Å². The Hall–Kier alpha value is -2.29. The van der Waals surface area contributed by atoms with E-state index in [0.717, 1.165) is 43.4 Å². The van der Waals surface area contributed by atoms with Crippen LogP contribution < -0.4 is 4.72 Å². The number of nitrogens with one attached hydrogen (secondary N) is 1. The molecule has 1 aromatic heterocycles. The molecule has 0 saturated carbocycles. The van der Waals surface area contributed by atoms with Crippen molar-refractivity contribution in [2.24, 2.45) is 7.05 Å². The second kappa shape index (κ2) is 8.83. The van der Waals surface area contributed by atoms with Gasteiger partial charge in [-0.05, 0) is 48.2 Å². The minimum Gasteiger partial charge on any atom is -0.297 e. The van der Waals surface area contributed by atoms with Crippen LogP contribution in [0.2, 0.25) is 0 Å². The first kappa shape index (κ1) is 21.0. The average molecular weight is 433 g/mol. The maximum absolute atomic E-state index is 12.8. The fourth-order valence-electron chi connectivity index (χ4n) is 3.57. The quantitative estimate of drug-likeness (QED) is 0.557. The first-order valence-electron chi connectivity index (χ1n) is 9.78. The SMILES string of the molecule is Cn1ccc(-c2ccc(CN3CCC(NSc4cccc(C(F)(F)F)c4)C3)cc2)n1. The zero-order valence-electron chi connectivity index (χ0n) is 16.6. The van der Waals surface area contributed by atoms with Crippen molar-refractivity contribution in [1.82, 2.24) is 19.4 Å². The van der Waals surface area contributed by atoms with Gasteiger partial charge < -0.3 is 0 Å². The first-order valence-corrected chi connectivity index (χ1v) is 10.6. The third-order valence-corrected chi connectivity index (χ3v) is 6.09. The molecule has 0 radical (unpaired) electrons. The summed E-state index contributed by atoms with van der Waals surface area (Å²) in [6.45, 7) is 2.69. The number of nitrogens with zero attached hydrogens (tertiary/aromatic N) is 3. The van der Waals surface area contributed by atoms with Crippen LogP contribution in [-0.4, -0.2) is 33.8 Å². The molecular formula is C22H23F3N4S. The summed E-state index contributed by atoms with van der Waals surface area (Å²) in [5.41, 5.74) is 2.68. The Morgan fingerprint density at radius 3 is 2.63 bits per heavy atom. The number of benzene rings is 2. The van der Waals surface area contributed by atoms with Crippen molar-refractivity contribution in [1.29, 1.82) is 0 Å². The van der Waals surface area contributed by atoms with Crippen LogP contribution in [0.3, 0.4) is 0 Å². The van der Waals surface area contributed by atoms with Crippen molar-refractivity contribution >= 4 is 11.9 Å². The second-order valence-electron chi connectivity index (χ2n) is 7.54. The van der Waals surface area contributed by atoms with Crippen molar-refractivity contribution in [3.8, 4) is 11.3 Å². The number of hydrogen-bond acceptors (Lipinski definition) is 4. The van der Waals surface area contributed by atoms with Gasteiger partial charge >= 0.3 is 6.18 Å². The van der Waals surface area contributed by atoms with Gasteiger partial charge in [0.15, 0.2) is 0 Å². The largest absolute Gasteiger partial charge is 0.416 e. The number of likely N-dealkylation sites (tertiary alicyclic amines) is 1. The molecule has 1 fully saturated rings. The lowest BCUT2D eigenvalue weighted by molar-refractivity contribution is -0.137. The van der Waals surface area contributed by atoms with Crippen LogP contribution in [-0.2, 0) is 19.8 Å². The molecule has 1 unspecified atom stereocenters. The third-order valence-electron chi connectivity index (χ3n) is 5.15. The van der Waals surface area contributed by atoms with Gasteiger partial charge in [0.1, 0.15) is 0 Å². The van der Waals surface area contributed by atoms with E-state index in [0.29, 0.717) is 4.90 Å². The highest BCUT2D eigenvalue weighted by Gasteiger charge is 2.30. The molecule has 0 bridgehead atoms. The van der Waals surface area contributed by atoms with Crippen LogP contribution in [0.1, 0.15) is 17.5 Å². The van der Waals surface area contributed by atoms with Crippen molar-refractivity contribution < 1.29 is 13.2 Å². The Balaban J connectivity index is 1.28. The molecule has 0 spiro atoms. The highest BCUT2D eigenvalue weighted by Crippen LogP contribution is 2.31. The number of aromatic nitrogens is 2. The molecule has 2 heterocycles. The van der Waals surface area contributed by atoms with Gasteiger partial charge in [-0.3, -0.25) is 14.3 Å². The Morgan fingerprint density at radius 1 is 1.13 bits per heavy atom. The molecule has 8 heteroatoms. The summed E-state index contributed by atoms with van der Waals surface area (Å²) >= 11 is 1.27. The summed E-state index contributed by atoms with van der Waals surface area (Å²) in [4.78, 5) is 2.94. The molecule has 0 amide bonds. The zero-order valence-corrected chi connectivity index (χ0v) is 17.4. The van der Waals surface area contributed by atoms with Crippen molar-refractivity contribution in [2.75, 3.05) is 13.1 Å². The molecule has 1 aliphatic heterocycles. The second-order valence-corrected chi connectivity index (χ2v) is 8.45. The lowest BCUT2D eigenvalue weighted by Crippen LogP contribution is -2.28. The molecule has 30 heavy (non-hydrogen) atoms. The maximum atomic E-state index is 12.8. The minimum atomic E-state index is -4.31. The van der Waals surface area contributed by atoms with Gasteiger partial charge in [-0.25, -0.2) is 0 Å². The molecule has 4 nitrogen and oxygen atoms in total. The number of halogens is 3. The predicted molar refractivity (Wildman–Crippen MR) is 113 cm³/mol. The molecule has 1 saturated heterocycles. The normalized spacial score (nSPS) is 17.5. The maximum Gasteiger partial charge on any atom is 0.416 e. The lowest BCUT2D eigenvalue weighted by atomic mass is 10.1. The fraction of sp³-hybridized carbons (Fsp3) is 0.318. The van der Waals surface area contributed by atoms with Gasteiger partial charge in [0.05, 0.1) is 11.3 Å². The summed E-state index contributed by atoms with van der Waals surface area (Å²) < 4.78 is 43.7. The number of aryl methyl sites for hydroxylation is 1. The van der Waals surface area contributed by atoms with Gasteiger partial charge in [0, 0.05) is 49.4 Å². The number of rotatable bonds is 6. The summed E-state index contributed by atoms with van der Waals surface area (Å²) in [5, 5.41) is 4.42. The Kier molecular flexibility index (Phi) is 6.17. The highest BCUT2D eigenvalue weighted by atomic mass is 32.2. The predicted octanol–water partition coefficient (Wildman–Crippen LogP) is 4.98. The van der Waals surface area contributed by atoms with Gasteiger partial charge in [0.25, 0.3) is 0 Å². The molecule has 0 aliphatic carbocycles. The molecule has 4 rings (SSSR count). The van der Waals surface area contributed by atoms with Crippen molar-refractivity contribution in [3.05, 3.63) is 71.9 Å². The number of alkyl halides is 3. The molecule has 1 atom stereocenters. The summed E-state index contributed by atoms with van der Waals surface area (Å²) in [5.74, 6) is 0. The molecule has 1 aliphatic rings. The van der Waals surface area contributed by atoms with Crippen LogP contribution in [0.4, 0.5) is 13.2 Å². The molecule has 1 N–H and O–H groups in total. The van der Waals surface area contributed by atoms with E-state index in [9.17, 15) is 13.2 Å². The van der Waals surface area contributed by atoms with E-state index >= 15 is 0 Å².